The molecule has 5 heteroatoms. The highest BCUT2D eigenvalue weighted by Crippen LogP contribution is 2.40. The van der Waals surface area contributed by atoms with Gasteiger partial charge in [-0.3, -0.25) is 9.59 Å². The van der Waals surface area contributed by atoms with Crippen molar-refractivity contribution in [1.82, 2.24) is 9.88 Å². The molecule has 2 heterocycles. The van der Waals surface area contributed by atoms with Crippen LogP contribution in [0.25, 0.3) is 10.9 Å². The lowest BCUT2D eigenvalue weighted by Crippen LogP contribution is -2.32. The number of nitrogens with zero attached hydrogens (tertiary/aromatic N) is 1. The number of primary amides is 1. The molecular formula is C19H17N3O2. The first-order chi connectivity index (χ1) is 11.7. The Morgan fingerprint density at radius 2 is 1.83 bits per heavy atom. The van der Waals surface area contributed by atoms with Crippen molar-refractivity contribution >= 4 is 22.7 Å². The van der Waals surface area contributed by atoms with Gasteiger partial charge in [0.25, 0.3) is 5.91 Å². The molecule has 0 bridgehead atoms. The fourth-order valence-corrected chi connectivity index (χ4v) is 3.49. The molecule has 2 aromatic carbocycles. The first-order valence-electron chi connectivity index (χ1n) is 7.91. The Labute approximate surface area is 139 Å². The van der Waals surface area contributed by atoms with E-state index in [1.165, 1.54) is 0 Å². The Kier molecular flexibility index (Phi) is 3.34. The molecule has 24 heavy (non-hydrogen) atoms. The number of hydrogen-bond donors (Lipinski definition) is 2. The molecule has 1 atom stereocenters. The molecule has 0 spiro atoms. The van der Waals surface area contributed by atoms with Crippen molar-refractivity contribution in [1.29, 1.82) is 0 Å². The van der Waals surface area contributed by atoms with Crippen LogP contribution in [0.5, 0.6) is 0 Å². The molecule has 0 unspecified atom stereocenters. The number of aromatic nitrogens is 1. The number of carbonyl (C=O) groups excluding carboxylic acids is 2. The highest BCUT2D eigenvalue weighted by atomic mass is 16.2. The summed E-state index contributed by atoms with van der Waals surface area (Å²) in [5.41, 5.74) is 9.02. The van der Waals surface area contributed by atoms with E-state index in [1.807, 2.05) is 54.7 Å². The number of rotatable bonds is 4. The minimum atomic E-state index is -0.406. The van der Waals surface area contributed by atoms with Gasteiger partial charge in [0, 0.05) is 41.2 Å². The van der Waals surface area contributed by atoms with Crippen LogP contribution in [0, 0.1) is 0 Å². The van der Waals surface area contributed by atoms with Crippen LogP contribution in [0.4, 0.5) is 0 Å². The number of para-hydroxylation sites is 1. The third kappa shape index (κ3) is 2.17. The van der Waals surface area contributed by atoms with E-state index in [1.54, 1.807) is 4.90 Å². The van der Waals surface area contributed by atoms with Crippen molar-refractivity contribution < 1.29 is 9.59 Å². The van der Waals surface area contributed by atoms with Gasteiger partial charge in [-0.2, -0.15) is 0 Å². The van der Waals surface area contributed by atoms with Gasteiger partial charge in [-0.05, 0) is 17.7 Å². The summed E-state index contributed by atoms with van der Waals surface area (Å²) < 4.78 is 0. The minimum absolute atomic E-state index is 0.0536. The molecule has 2 amide bonds. The number of aromatic amines is 1. The van der Waals surface area contributed by atoms with Crippen LogP contribution in [0.15, 0.2) is 54.7 Å². The van der Waals surface area contributed by atoms with E-state index in [9.17, 15) is 9.59 Å². The Hall–Kier alpha value is -3.08. The van der Waals surface area contributed by atoms with Crippen LogP contribution in [0.2, 0.25) is 0 Å². The van der Waals surface area contributed by atoms with Gasteiger partial charge in [-0.15, -0.1) is 0 Å². The van der Waals surface area contributed by atoms with Crippen molar-refractivity contribution in [3.05, 3.63) is 71.4 Å². The van der Waals surface area contributed by atoms with Gasteiger partial charge in [0.2, 0.25) is 5.91 Å². The number of benzene rings is 2. The van der Waals surface area contributed by atoms with E-state index in [0.29, 0.717) is 12.1 Å². The second-order valence-electron chi connectivity index (χ2n) is 5.99. The van der Waals surface area contributed by atoms with Gasteiger partial charge in [0.15, 0.2) is 0 Å². The number of amides is 2. The normalized spacial score (nSPS) is 16.6. The standard InChI is InChI=1S/C19H17N3O2/c20-17(23)9-10-22-18(13-6-1-2-7-14(13)19(22)24)15-11-21-16-8-4-3-5-12(15)16/h1-8,11,18,21H,9-10H2,(H2,20,23)/t18-/m1/s1. The highest BCUT2D eigenvalue weighted by molar-refractivity contribution is 6.01. The zero-order chi connectivity index (χ0) is 16.7. The summed E-state index contributed by atoms with van der Waals surface area (Å²) in [6, 6.07) is 15.4. The summed E-state index contributed by atoms with van der Waals surface area (Å²) in [6.07, 6.45) is 2.10. The van der Waals surface area contributed by atoms with Crippen molar-refractivity contribution in [2.45, 2.75) is 12.5 Å². The quantitative estimate of drug-likeness (QED) is 0.775. The fraction of sp³-hybridized carbons (Fsp3) is 0.158. The van der Waals surface area contributed by atoms with Gasteiger partial charge < -0.3 is 15.6 Å². The third-order valence-electron chi connectivity index (χ3n) is 4.57. The molecule has 1 aliphatic rings. The molecule has 0 saturated heterocycles. The molecule has 120 valence electrons. The minimum Gasteiger partial charge on any atom is -0.370 e. The Morgan fingerprint density at radius 3 is 2.67 bits per heavy atom. The Morgan fingerprint density at radius 1 is 1.08 bits per heavy atom. The van der Waals surface area contributed by atoms with E-state index in [0.717, 1.165) is 22.0 Å². The monoisotopic (exact) mass is 319 g/mol. The lowest BCUT2D eigenvalue weighted by molar-refractivity contribution is -0.118. The third-order valence-corrected chi connectivity index (χ3v) is 4.57. The largest absolute Gasteiger partial charge is 0.370 e. The molecule has 3 N–H and O–H groups in total. The number of carbonyl (C=O) groups is 2. The molecule has 1 aliphatic heterocycles. The predicted molar refractivity (Wildman–Crippen MR) is 91.4 cm³/mol. The summed E-state index contributed by atoms with van der Waals surface area (Å²) >= 11 is 0. The molecular weight excluding hydrogens is 302 g/mol. The number of fused-ring (bicyclic) bond motifs is 2. The number of hydrogen-bond acceptors (Lipinski definition) is 2. The van der Waals surface area contributed by atoms with Crippen molar-refractivity contribution in [3.8, 4) is 0 Å². The number of H-pyrrole nitrogens is 1. The summed E-state index contributed by atoms with van der Waals surface area (Å²) in [5.74, 6) is -0.460. The van der Waals surface area contributed by atoms with Crippen LogP contribution >= 0.6 is 0 Å². The van der Waals surface area contributed by atoms with Crippen LogP contribution in [-0.2, 0) is 4.79 Å². The fourth-order valence-electron chi connectivity index (χ4n) is 3.49. The van der Waals surface area contributed by atoms with Gasteiger partial charge in [0.1, 0.15) is 0 Å². The Balaban J connectivity index is 1.85. The second-order valence-corrected chi connectivity index (χ2v) is 5.99. The average molecular weight is 319 g/mol. The Bertz CT molecular complexity index is 944. The van der Waals surface area contributed by atoms with E-state index in [2.05, 4.69) is 4.98 Å². The lowest BCUT2D eigenvalue weighted by atomic mass is 9.97. The molecule has 0 radical (unpaired) electrons. The number of nitrogens with one attached hydrogen (secondary N) is 1. The first kappa shape index (κ1) is 14.5. The van der Waals surface area contributed by atoms with Gasteiger partial charge in [-0.25, -0.2) is 0 Å². The maximum absolute atomic E-state index is 12.8. The molecule has 0 aliphatic carbocycles. The van der Waals surface area contributed by atoms with Crippen LogP contribution < -0.4 is 5.73 Å². The predicted octanol–water partition coefficient (Wildman–Crippen LogP) is 2.59. The average Bonchev–Trinajstić information content (AvgIpc) is 3.12. The molecule has 3 aromatic rings. The van der Waals surface area contributed by atoms with Gasteiger partial charge in [0.05, 0.1) is 6.04 Å². The van der Waals surface area contributed by atoms with Crippen molar-refractivity contribution in [2.75, 3.05) is 6.54 Å². The highest BCUT2D eigenvalue weighted by Gasteiger charge is 2.38. The zero-order valence-electron chi connectivity index (χ0n) is 13.0. The van der Waals surface area contributed by atoms with Gasteiger partial charge in [-0.1, -0.05) is 36.4 Å². The first-order valence-corrected chi connectivity index (χ1v) is 7.91. The SMILES string of the molecule is NC(=O)CCN1C(=O)c2ccccc2[C@@H]1c1c[nH]c2ccccc12. The summed E-state index contributed by atoms with van der Waals surface area (Å²) in [6.45, 7) is 0.313. The van der Waals surface area contributed by atoms with E-state index in [4.69, 9.17) is 5.73 Å². The molecule has 0 saturated carbocycles. The second kappa shape index (κ2) is 5.53. The van der Waals surface area contributed by atoms with E-state index in [-0.39, 0.29) is 18.4 Å². The summed E-state index contributed by atoms with van der Waals surface area (Å²) in [5, 5.41) is 1.08. The summed E-state index contributed by atoms with van der Waals surface area (Å²) in [4.78, 5) is 29.0. The van der Waals surface area contributed by atoms with Crippen molar-refractivity contribution in [2.24, 2.45) is 5.73 Å². The number of nitrogens with two attached hydrogens (primary N) is 1. The molecule has 1 aromatic heterocycles. The van der Waals surface area contributed by atoms with Crippen LogP contribution in [0.1, 0.15) is 33.9 Å². The molecule has 5 nitrogen and oxygen atoms in total. The lowest BCUT2D eigenvalue weighted by Gasteiger charge is -2.25. The molecule has 4 rings (SSSR count). The van der Waals surface area contributed by atoms with Crippen molar-refractivity contribution in [3.63, 3.8) is 0 Å². The summed E-state index contributed by atoms with van der Waals surface area (Å²) in [7, 11) is 0. The zero-order valence-corrected chi connectivity index (χ0v) is 13.0. The maximum Gasteiger partial charge on any atom is 0.255 e. The molecule has 0 fully saturated rings. The maximum atomic E-state index is 12.8. The van der Waals surface area contributed by atoms with Crippen LogP contribution in [-0.4, -0.2) is 28.2 Å². The smallest absolute Gasteiger partial charge is 0.255 e. The van der Waals surface area contributed by atoms with Crippen LogP contribution in [0.3, 0.4) is 0 Å². The topological polar surface area (TPSA) is 79.2 Å². The van der Waals surface area contributed by atoms with E-state index >= 15 is 0 Å². The van der Waals surface area contributed by atoms with Gasteiger partial charge >= 0.3 is 0 Å². The van der Waals surface area contributed by atoms with E-state index < -0.39 is 5.91 Å².